The van der Waals surface area contributed by atoms with Crippen LogP contribution in [0.25, 0.3) is 0 Å². The van der Waals surface area contributed by atoms with Gasteiger partial charge < -0.3 is 20.4 Å². The Morgan fingerprint density at radius 2 is 2.06 bits per heavy atom. The van der Waals surface area contributed by atoms with E-state index < -0.39 is 0 Å². The minimum absolute atomic E-state index is 0.0770. The number of carbonyl (C=O) groups is 2. The van der Waals surface area contributed by atoms with Crippen LogP contribution in [-0.4, -0.2) is 71.4 Å². The molecule has 8 nitrogen and oxygen atoms in total. The molecule has 1 aliphatic rings. The van der Waals surface area contributed by atoms with Gasteiger partial charge in [-0.15, -0.1) is 0 Å². The van der Waals surface area contributed by atoms with Crippen LogP contribution in [0, 0.1) is 0 Å². The van der Waals surface area contributed by atoms with Gasteiger partial charge in [0.15, 0.2) is 0 Å². The lowest BCUT2D eigenvalue weighted by Crippen LogP contribution is -2.31. The highest BCUT2D eigenvalue weighted by Gasteiger charge is 2.27. The molecule has 1 fully saturated rings. The summed E-state index contributed by atoms with van der Waals surface area (Å²) < 4.78 is 0.808. The average molecular weight is 508 g/mol. The molecule has 0 aliphatic carbocycles. The molecule has 2 heterocycles. The standard InChI is InChI=1S/C21H24BrClN6O2/c1-28(2)8-3-4-19(30)27-18-6-5-14(10-17(18)23)20(31)29-9-7-16(13-29)26-21-24-11-15(22)12-25-21/h3-6,10-12,16H,7-9,13H2,1-2H3,(H,27,30)(H,24,25,26)/b4-3+/t16-/m1/s1. The fourth-order valence-corrected chi connectivity index (χ4v) is 3.54. The van der Waals surface area contributed by atoms with Gasteiger partial charge in [0.1, 0.15) is 0 Å². The minimum atomic E-state index is -0.272. The number of hydrogen-bond acceptors (Lipinski definition) is 6. The second kappa shape index (κ2) is 10.7. The fourth-order valence-electron chi connectivity index (χ4n) is 3.11. The van der Waals surface area contributed by atoms with Crippen LogP contribution in [0.5, 0.6) is 0 Å². The lowest BCUT2D eigenvalue weighted by molar-refractivity contribution is -0.111. The highest BCUT2D eigenvalue weighted by atomic mass is 79.9. The summed E-state index contributed by atoms with van der Waals surface area (Å²) >= 11 is 9.61. The zero-order valence-electron chi connectivity index (χ0n) is 17.3. The first-order chi connectivity index (χ1) is 14.8. The molecular formula is C21H24BrClN6O2. The maximum absolute atomic E-state index is 12.9. The third kappa shape index (κ3) is 6.75. The number of carbonyl (C=O) groups excluding carboxylic acids is 2. The third-order valence-electron chi connectivity index (χ3n) is 4.64. The predicted molar refractivity (Wildman–Crippen MR) is 125 cm³/mol. The van der Waals surface area contributed by atoms with E-state index in [0.717, 1.165) is 10.9 Å². The van der Waals surface area contributed by atoms with Crippen molar-refractivity contribution in [2.75, 3.05) is 44.4 Å². The van der Waals surface area contributed by atoms with E-state index in [2.05, 4.69) is 36.5 Å². The Kier molecular flexibility index (Phi) is 8.00. The smallest absolute Gasteiger partial charge is 0.253 e. The highest BCUT2D eigenvalue weighted by Crippen LogP contribution is 2.25. The average Bonchev–Trinajstić information content (AvgIpc) is 3.19. The summed E-state index contributed by atoms with van der Waals surface area (Å²) in [7, 11) is 3.84. The van der Waals surface area contributed by atoms with Crippen LogP contribution in [0.15, 0.2) is 47.2 Å². The SMILES string of the molecule is CN(C)C/C=C/C(=O)Nc1ccc(C(=O)N2CC[C@@H](Nc3ncc(Br)cn3)C2)cc1Cl. The van der Waals surface area contributed by atoms with Crippen LogP contribution < -0.4 is 10.6 Å². The quantitative estimate of drug-likeness (QED) is 0.559. The topological polar surface area (TPSA) is 90.5 Å². The van der Waals surface area contributed by atoms with Gasteiger partial charge in [0, 0.05) is 49.7 Å². The summed E-state index contributed by atoms with van der Waals surface area (Å²) in [6.07, 6.45) is 7.37. The van der Waals surface area contributed by atoms with E-state index in [1.54, 1.807) is 41.6 Å². The molecule has 1 aromatic heterocycles. The predicted octanol–water partition coefficient (Wildman–Crippen LogP) is 3.28. The van der Waals surface area contributed by atoms with Gasteiger partial charge in [0.25, 0.3) is 5.91 Å². The first-order valence-corrected chi connectivity index (χ1v) is 10.9. The van der Waals surface area contributed by atoms with Crippen LogP contribution in [0.1, 0.15) is 16.8 Å². The lowest BCUT2D eigenvalue weighted by atomic mass is 10.1. The number of likely N-dealkylation sites (N-methyl/N-ethyl adjacent to an activating group) is 1. The van der Waals surface area contributed by atoms with Crippen molar-refractivity contribution in [3.8, 4) is 0 Å². The molecule has 1 aromatic carbocycles. The maximum Gasteiger partial charge on any atom is 0.253 e. The van der Waals surface area contributed by atoms with E-state index in [9.17, 15) is 9.59 Å². The van der Waals surface area contributed by atoms with Crippen LogP contribution >= 0.6 is 27.5 Å². The molecule has 0 radical (unpaired) electrons. The molecular weight excluding hydrogens is 484 g/mol. The van der Waals surface area contributed by atoms with Crippen LogP contribution in [0.2, 0.25) is 5.02 Å². The summed E-state index contributed by atoms with van der Waals surface area (Å²) in [4.78, 5) is 37.0. The van der Waals surface area contributed by atoms with Crippen molar-refractivity contribution >= 4 is 51.0 Å². The summed E-state index contributed by atoms with van der Waals surface area (Å²) in [6.45, 7) is 1.83. The molecule has 0 unspecified atom stereocenters. The molecule has 1 atom stereocenters. The first kappa shape index (κ1) is 23.2. The normalized spacial score (nSPS) is 16.2. The van der Waals surface area contributed by atoms with E-state index in [0.29, 0.717) is 41.9 Å². The molecule has 2 N–H and O–H groups in total. The van der Waals surface area contributed by atoms with Crippen molar-refractivity contribution < 1.29 is 9.59 Å². The van der Waals surface area contributed by atoms with Gasteiger partial charge in [-0.3, -0.25) is 9.59 Å². The summed E-state index contributed by atoms with van der Waals surface area (Å²) in [6, 6.07) is 4.98. The van der Waals surface area contributed by atoms with Crippen molar-refractivity contribution in [1.82, 2.24) is 19.8 Å². The van der Waals surface area contributed by atoms with Gasteiger partial charge in [-0.25, -0.2) is 9.97 Å². The molecule has 1 saturated heterocycles. The Bertz CT molecular complexity index is 967. The van der Waals surface area contributed by atoms with E-state index in [1.165, 1.54) is 6.08 Å². The lowest BCUT2D eigenvalue weighted by Gasteiger charge is -2.18. The number of amides is 2. The van der Waals surface area contributed by atoms with Crippen molar-refractivity contribution in [2.45, 2.75) is 12.5 Å². The number of benzene rings is 1. The second-order valence-corrected chi connectivity index (χ2v) is 8.78. The number of hydrogen-bond donors (Lipinski definition) is 2. The molecule has 0 saturated carbocycles. The number of anilines is 2. The van der Waals surface area contributed by atoms with Gasteiger partial charge in [-0.05, 0) is 54.6 Å². The van der Waals surface area contributed by atoms with Gasteiger partial charge in [0.05, 0.1) is 15.2 Å². The van der Waals surface area contributed by atoms with E-state index in [1.807, 2.05) is 19.0 Å². The zero-order chi connectivity index (χ0) is 22.4. The first-order valence-electron chi connectivity index (χ1n) is 9.77. The Balaban J connectivity index is 1.57. The Labute approximate surface area is 194 Å². The molecule has 1 aliphatic heterocycles. The molecule has 164 valence electrons. The molecule has 3 rings (SSSR count). The number of likely N-dealkylation sites (tertiary alicyclic amines) is 1. The van der Waals surface area contributed by atoms with Crippen LogP contribution in [0.4, 0.5) is 11.6 Å². The highest BCUT2D eigenvalue weighted by molar-refractivity contribution is 9.10. The molecule has 10 heteroatoms. The van der Waals surface area contributed by atoms with Crippen LogP contribution in [0.3, 0.4) is 0 Å². The van der Waals surface area contributed by atoms with E-state index in [4.69, 9.17) is 11.6 Å². The molecule has 2 aromatic rings. The number of nitrogens with one attached hydrogen (secondary N) is 2. The maximum atomic E-state index is 12.9. The molecule has 0 bridgehead atoms. The van der Waals surface area contributed by atoms with Gasteiger partial charge in [0.2, 0.25) is 11.9 Å². The summed E-state index contributed by atoms with van der Waals surface area (Å²) in [5.41, 5.74) is 0.942. The molecule has 2 amide bonds. The number of rotatable bonds is 7. The molecule has 0 spiro atoms. The van der Waals surface area contributed by atoms with E-state index >= 15 is 0 Å². The second-order valence-electron chi connectivity index (χ2n) is 7.45. The Morgan fingerprint density at radius 3 is 2.74 bits per heavy atom. The van der Waals surface area contributed by atoms with Gasteiger partial charge in [-0.1, -0.05) is 17.7 Å². The summed E-state index contributed by atoms with van der Waals surface area (Å²) in [5.74, 6) is 0.156. The Morgan fingerprint density at radius 1 is 1.32 bits per heavy atom. The zero-order valence-corrected chi connectivity index (χ0v) is 19.7. The van der Waals surface area contributed by atoms with Crippen molar-refractivity contribution in [3.63, 3.8) is 0 Å². The fraction of sp³-hybridized carbons (Fsp3) is 0.333. The number of halogens is 2. The van der Waals surface area contributed by atoms with Crippen molar-refractivity contribution in [3.05, 3.63) is 57.8 Å². The number of nitrogens with zero attached hydrogens (tertiary/aromatic N) is 4. The van der Waals surface area contributed by atoms with Crippen molar-refractivity contribution in [2.24, 2.45) is 0 Å². The third-order valence-corrected chi connectivity index (χ3v) is 5.36. The van der Waals surface area contributed by atoms with E-state index in [-0.39, 0.29) is 17.9 Å². The van der Waals surface area contributed by atoms with Gasteiger partial charge in [-0.2, -0.15) is 0 Å². The summed E-state index contributed by atoms with van der Waals surface area (Å²) in [5, 5.41) is 6.30. The van der Waals surface area contributed by atoms with Gasteiger partial charge >= 0.3 is 0 Å². The van der Waals surface area contributed by atoms with Crippen molar-refractivity contribution in [1.29, 1.82) is 0 Å². The monoisotopic (exact) mass is 506 g/mol. The Hall–Kier alpha value is -2.49. The minimum Gasteiger partial charge on any atom is -0.350 e. The largest absolute Gasteiger partial charge is 0.350 e. The van der Waals surface area contributed by atoms with Crippen LogP contribution in [-0.2, 0) is 4.79 Å². The number of aromatic nitrogens is 2. The molecule has 31 heavy (non-hydrogen) atoms.